The van der Waals surface area contributed by atoms with Crippen molar-refractivity contribution in [2.45, 2.75) is 157 Å². The smallest absolute Gasteiger partial charge is 0.0605 e. The lowest BCUT2D eigenvalue weighted by Gasteiger charge is -2.32. The third-order valence-corrected chi connectivity index (χ3v) is 15.1. The SMILES string of the molecule is CC(C)(C)c1cc(C(C)(C)C)c(P=C(C#CC#Cc2ccc(C#CC#CC(=Pc3c(C(C)(C)C)cc(C(C)(C)C)cc3C(C)(C)C)c3ccccc3)c3ccccc23)c2ccccc2)c(C(C)(C)C)c1. The molecule has 0 atom stereocenters. The van der Waals surface area contributed by atoms with Gasteiger partial charge in [0.1, 0.15) is 0 Å². The Morgan fingerprint density at radius 1 is 0.329 bits per heavy atom. The molecule has 0 aromatic heterocycles. The van der Waals surface area contributed by atoms with Gasteiger partial charge in [0.2, 0.25) is 0 Å². The van der Waals surface area contributed by atoms with Crippen molar-refractivity contribution in [2.75, 3.05) is 0 Å². The monoisotopic (exact) mass is 953 g/mol. The fourth-order valence-electron chi connectivity index (χ4n) is 8.30. The molecule has 6 aromatic rings. The van der Waals surface area contributed by atoms with Gasteiger partial charge < -0.3 is 0 Å². The lowest BCUT2D eigenvalue weighted by Crippen LogP contribution is -2.30. The van der Waals surface area contributed by atoms with E-state index in [-0.39, 0.29) is 32.5 Å². The summed E-state index contributed by atoms with van der Waals surface area (Å²) >= 11 is 0. The average Bonchev–Trinajstić information content (AvgIpc) is 3.27. The molecule has 0 saturated heterocycles. The van der Waals surface area contributed by atoms with Crippen molar-refractivity contribution < 1.29 is 0 Å². The number of hydrogen-bond donors (Lipinski definition) is 0. The molecule has 0 nitrogen and oxygen atoms in total. The highest BCUT2D eigenvalue weighted by Gasteiger charge is 2.31. The van der Waals surface area contributed by atoms with Crippen LogP contribution in [-0.4, -0.2) is 10.6 Å². The van der Waals surface area contributed by atoms with Crippen LogP contribution in [-0.2, 0) is 32.5 Å². The van der Waals surface area contributed by atoms with Gasteiger partial charge in [0.25, 0.3) is 0 Å². The quantitative estimate of drug-likeness (QED) is 0.122. The summed E-state index contributed by atoms with van der Waals surface area (Å²) < 4.78 is 0. The third kappa shape index (κ3) is 13.3. The molecule has 0 fully saturated rings. The van der Waals surface area contributed by atoms with Crippen LogP contribution >= 0.6 is 16.4 Å². The molecule has 356 valence electrons. The minimum atomic E-state index is -0.0572. The van der Waals surface area contributed by atoms with E-state index < -0.39 is 0 Å². The number of benzene rings is 6. The molecule has 0 aliphatic rings. The highest BCUT2D eigenvalue weighted by atomic mass is 31.1. The standard InChI is InChI=1S/C68H74P2/c1-63(2,3)51-43-55(65(7,8)9)61(56(44-51)66(10,11)12)69-59(49-33-21-19-22-34-49)39-29-25-31-47-41-42-48(54-38-28-27-37-53(47)54)32-26-30-40-60(50-35-23-20-24-36-50)70-62-57(67(13,14)15)45-52(64(4,5)6)46-58(62)68(16,17)18/h19-24,27-28,33-38,41-46H,1-18H3. The maximum absolute atomic E-state index is 3.56. The predicted octanol–water partition coefficient (Wildman–Crippen LogP) is 16.3. The zero-order valence-corrected chi connectivity index (χ0v) is 47.2. The first kappa shape index (κ1) is 53.5. The Morgan fingerprint density at radius 2 is 0.614 bits per heavy atom. The van der Waals surface area contributed by atoms with E-state index in [1.165, 1.54) is 44.0 Å². The van der Waals surface area contributed by atoms with Crippen LogP contribution < -0.4 is 10.6 Å². The van der Waals surface area contributed by atoms with Crippen LogP contribution in [0, 0.1) is 47.4 Å². The van der Waals surface area contributed by atoms with Crippen LogP contribution in [0.5, 0.6) is 0 Å². The second kappa shape index (κ2) is 20.9. The van der Waals surface area contributed by atoms with Crippen molar-refractivity contribution >= 4 is 48.4 Å². The number of fused-ring (bicyclic) bond motifs is 1. The third-order valence-electron chi connectivity index (χ3n) is 12.5. The van der Waals surface area contributed by atoms with Gasteiger partial charge in [-0.3, -0.25) is 0 Å². The molecule has 6 rings (SSSR count). The minimum absolute atomic E-state index is 0.0268. The first-order chi connectivity index (χ1) is 32.5. The molecule has 2 heteroatoms. The number of rotatable bonds is 4. The summed E-state index contributed by atoms with van der Waals surface area (Å²) in [5, 5.41) is 6.85. The zero-order valence-electron chi connectivity index (χ0n) is 45.4. The summed E-state index contributed by atoms with van der Waals surface area (Å²) in [7, 11) is 2.16. The molecule has 0 radical (unpaired) electrons. The molecular weight excluding hydrogens is 879 g/mol. The molecule has 0 bridgehead atoms. The van der Waals surface area contributed by atoms with Crippen LogP contribution in [0.15, 0.2) is 121 Å². The molecule has 0 unspecified atom stereocenters. The van der Waals surface area contributed by atoms with Crippen molar-refractivity contribution in [3.63, 3.8) is 0 Å². The van der Waals surface area contributed by atoms with E-state index in [1.54, 1.807) is 0 Å². The van der Waals surface area contributed by atoms with E-state index in [0.717, 1.165) is 60.0 Å². The van der Waals surface area contributed by atoms with Crippen molar-refractivity contribution in [3.8, 4) is 47.4 Å². The van der Waals surface area contributed by atoms with Gasteiger partial charge in [-0.25, -0.2) is 0 Å². The Morgan fingerprint density at radius 3 is 0.886 bits per heavy atom. The van der Waals surface area contributed by atoms with Crippen molar-refractivity contribution in [3.05, 3.63) is 177 Å². The Labute approximate surface area is 427 Å². The summed E-state index contributed by atoms with van der Waals surface area (Å²) in [6.45, 7) is 41.8. The summed E-state index contributed by atoms with van der Waals surface area (Å²) in [4.78, 5) is 0. The topological polar surface area (TPSA) is 0 Å². The Bertz CT molecular complexity index is 2940. The van der Waals surface area contributed by atoms with Gasteiger partial charge in [0.05, 0.1) is 10.6 Å². The second-order valence-electron chi connectivity index (χ2n) is 24.7. The minimum Gasteiger partial charge on any atom is -0.0622 e. The van der Waals surface area contributed by atoms with E-state index >= 15 is 0 Å². The fourth-order valence-corrected chi connectivity index (χ4v) is 11.6. The second-order valence-corrected chi connectivity index (χ2v) is 26.9. The molecule has 0 spiro atoms. The molecule has 6 aromatic carbocycles. The van der Waals surface area contributed by atoms with Gasteiger partial charge >= 0.3 is 0 Å². The summed E-state index contributed by atoms with van der Waals surface area (Å²) in [5.41, 5.74) is 12.1. The van der Waals surface area contributed by atoms with Crippen molar-refractivity contribution in [1.29, 1.82) is 0 Å². The molecule has 0 saturated carbocycles. The van der Waals surface area contributed by atoms with Gasteiger partial charge in [0, 0.05) is 21.7 Å². The van der Waals surface area contributed by atoms with Gasteiger partial charge in [-0.15, -0.1) is 0 Å². The lowest BCUT2D eigenvalue weighted by molar-refractivity contribution is 0.553. The van der Waals surface area contributed by atoms with Crippen LogP contribution in [0.1, 0.15) is 180 Å². The Hall–Kier alpha value is -5.84. The largest absolute Gasteiger partial charge is 0.0622 e. The van der Waals surface area contributed by atoms with Crippen LogP contribution in [0.3, 0.4) is 0 Å². The van der Waals surface area contributed by atoms with Gasteiger partial charge in [-0.1, -0.05) is 246 Å². The van der Waals surface area contributed by atoms with E-state index in [4.69, 9.17) is 0 Å². The molecule has 0 aliphatic heterocycles. The molecule has 0 amide bonds. The first-order valence-electron chi connectivity index (χ1n) is 24.8. The molecule has 0 heterocycles. The fraction of sp³-hybridized carbons (Fsp3) is 0.353. The zero-order chi connectivity index (χ0) is 51.5. The van der Waals surface area contributed by atoms with Gasteiger partial charge in [-0.2, -0.15) is 0 Å². The molecule has 0 N–H and O–H groups in total. The summed E-state index contributed by atoms with van der Waals surface area (Å²) in [6, 6.07) is 43.4. The van der Waals surface area contributed by atoms with E-state index in [2.05, 4.69) is 293 Å². The van der Waals surface area contributed by atoms with Crippen LogP contribution in [0.2, 0.25) is 0 Å². The summed E-state index contributed by atoms with van der Waals surface area (Å²) in [6.07, 6.45) is 0. The maximum atomic E-state index is 3.56. The first-order valence-corrected chi connectivity index (χ1v) is 26.6. The maximum Gasteiger partial charge on any atom is 0.0605 e. The lowest BCUT2D eigenvalue weighted by atomic mass is 9.75. The summed E-state index contributed by atoms with van der Waals surface area (Å²) in [5.74, 6) is 27.1. The average molecular weight is 953 g/mol. The molecule has 70 heavy (non-hydrogen) atoms. The highest BCUT2D eigenvalue weighted by molar-refractivity contribution is 7.51. The van der Waals surface area contributed by atoms with Gasteiger partial charge in [-0.05, 0) is 152 Å². The predicted molar refractivity (Wildman–Crippen MR) is 313 cm³/mol. The molecular formula is C68H74P2. The highest BCUT2D eigenvalue weighted by Crippen LogP contribution is 2.38. The van der Waals surface area contributed by atoms with E-state index in [0.29, 0.717) is 0 Å². The van der Waals surface area contributed by atoms with Crippen molar-refractivity contribution in [2.24, 2.45) is 0 Å². The van der Waals surface area contributed by atoms with E-state index in [9.17, 15) is 0 Å². The molecule has 0 aliphatic carbocycles. The van der Waals surface area contributed by atoms with Gasteiger partial charge in [0.15, 0.2) is 0 Å². The van der Waals surface area contributed by atoms with Crippen molar-refractivity contribution in [1.82, 2.24) is 0 Å². The van der Waals surface area contributed by atoms with Crippen LogP contribution in [0.4, 0.5) is 0 Å². The number of hydrogen-bond acceptors (Lipinski definition) is 0. The Kier molecular flexibility index (Phi) is 15.9. The van der Waals surface area contributed by atoms with Crippen LogP contribution in [0.25, 0.3) is 10.8 Å². The Balaban J connectivity index is 1.43. The van der Waals surface area contributed by atoms with E-state index in [1.807, 2.05) is 0 Å². The normalized spacial score (nSPS) is 12.7.